The fourth-order valence-corrected chi connectivity index (χ4v) is 6.35. The van der Waals surface area contributed by atoms with Gasteiger partial charge < -0.3 is 19.8 Å². The Labute approximate surface area is 212 Å². The zero-order valence-electron chi connectivity index (χ0n) is 21.9. The number of carboxylic acid groups (broad SMARTS) is 2. The van der Waals surface area contributed by atoms with E-state index < -0.39 is 52.0 Å². The van der Waals surface area contributed by atoms with Crippen LogP contribution in [0.5, 0.6) is 0 Å². The number of piperidine rings is 1. The predicted octanol–water partition coefficient (Wildman–Crippen LogP) is 6.20. The Morgan fingerprint density at radius 2 is 1.83 bits per heavy atom. The molecule has 0 saturated carbocycles. The van der Waals surface area contributed by atoms with Gasteiger partial charge in [0.25, 0.3) is 0 Å². The highest BCUT2D eigenvalue weighted by Gasteiger charge is 2.64. The molecule has 0 aliphatic carbocycles. The fourth-order valence-electron chi connectivity index (χ4n) is 6.14. The number of hydrogen-bond donors (Lipinski definition) is 2. The Hall–Kier alpha value is -2.35. The van der Waals surface area contributed by atoms with E-state index in [-0.39, 0.29) is 41.7 Å². The van der Waals surface area contributed by atoms with Crippen molar-refractivity contribution in [3.05, 3.63) is 34.9 Å². The Morgan fingerprint density at radius 1 is 1.26 bits per heavy atom. The smallest absolute Gasteiger partial charge is 0.407 e. The van der Waals surface area contributed by atoms with E-state index in [2.05, 4.69) is 11.6 Å². The molecule has 2 unspecified atom stereocenters. The Bertz CT molecular complexity index is 1000. The van der Waals surface area contributed by atoms with E-state index in [0.29, 0.717) is 0 Å². The fraction of sp³-hybridized carbons (Fsp3) is 0.654. The molecule has 0 radical (unpaired) electrons. The number of halogens is 2. The van der Waals surface area contributed by atoms with Crippen molar-refractivity contribution in [3.63, 3.8) is 0 Å². The number of ether oxygens (including phenoxy) is 1. The van der Waals surface area contributed by atoms with E-state index in [0.717, 1.165) is 0 Å². The average molecular weight is 513 g/mol. The van der Waals surface area contributed by atoms with E-state index >= 15 is 4.39 Å². The van der Waals surface area contributed by atoms with Gasteiger partial charge >= 0.3 is 12.1 Å². The summed E-state index contributed by atoms with van der Waals surface area (Å²) in [7, 11) is 0. The standard InChI is InChI=1S/C26H38ClFN2O5/c1-10-35-15(3)16-11-19(27)29-17(20(16)28)12-26(22(31)32)18(24(4,5)6)13-30(23(33)34)14(2)21(26)25(7,8)9/h11,14,18,21H,3,10,12-13H2,1-2,4-9H3,(H,31,32)(H,33,34)/t14-,18?,21?,26-/m1/s1. The number of carbonyl (C=O) groups is 2. The van der Waals surface area contributed by atoms with Gasteiger partial charge in [-0.3, -0.25) is 4.79 Å². The van der Waals surface area contributed by atoms with Crippen molar-refractivity contribution in [2.24, 2.45) is 28.1 Å². The van der Waals surface area contributed by atoms with Gasteiger partial charge in [-0.15, -0.1) is 0 Å². The molecule has 0 aromatic carbocycles. The van der Waals surface area contributed by atoms with Crippen molar-refractivity contribution in [3.8, 4) is 0 Å². The van der Waals surface area contributed by atoms with Crippen LogP contribution < -0.4 is 0 Å². The van der Waals surface area contributed by atoms with Gasteiger partial charge in [-0.1, -0.05) is 59.7 Å². The summed E-state index contributed by atoms with van der Waals surface area (Å²) in [5, 5.41) is 20.9. The van der Waals surface area contributed by atoms with E-state index in [1.807, 2.05) is 41.5 Å². The molecule has 2 N–H and O–H groups in total. The van der Waals surface area contributed by atoms with Crippen LogP contribution in [0.15, 0.2) is 12.6 Å². The van der Waals surface area contributed by atoms with E-state index in [1.165, 1.54) is 11.0 Å². The topological polar surface area (TPSA) is 100.0 Å². The van der Waals surface area contributed by atoms with Crippen molar-refractivity contribution >= 4 is 29.4 Å². The summed E-state index contributed by atoms with van der Waals surface area (Å²) in [4.78, 5) is 31.1. The largest absolute Gasteiger partial charge is 0.494 e. The Kier molecular flexibility index (Phi) is 8.22. The number of aliphatic carboxylic acids is 1. The summed E-state index contributed by atoms with van der Waals surface area (Å²) in [6.45, 7) is 18.8. The quantitative estimate of drug-likeness (QED) is 0.347. The minimum Gasteiger partial charge on any atom is -0.494 e. The second-order valence-electron chi connectivity index (χ2n) is 11.6. The first-order valence-corrected chi connectivity index (χ1v) is 12.2. The Balaban J connectivity index is 2.88. The van der Waals surface area contributed by atoms with Crippen LogP contribution in [0.1, 0.15) is 66.6 Å². The average Bonchev–Trinajstić information content (AvgIpc) is 2.68. The minimum atomic E-state index is -1.54. The Morgan fingerprint density at radius 3 is 2.26 bits per heavy atom. The second kappa shape index (κ2) is 9.96. The van der Waals surface area contributed by atoms with Gasteiger partial charge in [0.1, 0.15) is 10.9 Å². The summed E-state index contributed by atoms with van der Waals surface area (Å²) < 4.78 is 21.2. The van der Waals surface area contributed by atoms with Gasteiger partial charge in [0.05, 0.1) is 23.3 Å². The van der Waals surface area contributed by atoms with Crippen LogP contribution in [0.2, 0.25) is 5.15 Å². The van der Waals surface area contributed by atoms with E-state index in [9.17, 15) is 19.8 Å². The van der Waals surface area contributed by atoms with Crippen LogP contribution in [-0.2, 0) is 16.0 Å². The maximum Gasteiger partial charge on any atom is 0.407 e. The zero-order valence-corrected chi connectivity index (χ0v) is 22.7. The third-order valence-corrected chi connectivity index (χ3v) is 7.42. The number of rotatable bonds is 6. The molecule has 7 nitrogen and oxygen atoms in total. The number of hydrogen-bond acceptors (Lipinski definition) is 4. The van der Waals surface area contributed by atoms with Gasteiger partial charge in [-0.2, -0.15) is 0 Å². The maximum atomic E-state index is 15.8. The highest BCUT2D eigenvalue weighted by molar-refractivity contribution is 6.29. The number of pyridine rings is 1. The third-order valence-electron chi connectivity index (χ3n) is 7.23. The summed E-state index contributed by atoms with van der Waals surface area (Å²) >= 11 is 6.25. The van der Waals surface area contributed by atoms with Gasteiger partial charge in [-0.25, -0.2) is 14.2 Å². The molecule has 196 valence electrons. The van der Waals surface area contributed by atoms with Crippen molar-refractivity contribution in [2.45, 2.75) is 67.9 Å². The minimum absolute atomic E-state index is 0.000421. The molecule has 0 spiro atoms. The lowest BCUT2D eigenvalue weighted by atomic mass is 9.48. The first kappa shape index (κ1) is 28.9. The molecule has 0 bridgehead atoms. The molecule has 1 fully saturated rings. The van der Waals surface area contributed by atoms with Crippen molar-refractivity contribution in [1.82, 2.24) is 9.88 Å². The molecular formula is C26H38ClFN2O5. The van der Waals surface area contributed by atoms with Gasteiger partial charge in [0.2, 0.25) is 0 Å². The maximum absolute atomic E-state index is 15.8. The SMILES string of the molecule is C=C(OCC)c1cc(Cl)nc(C[C@@]2(C(=O)O)C(C(C)(C)C)CN(C(=O)O)[C@H](C)C2C(C)(C)C)c1F. The summed E-state index contributed by atoms with van der Waals surface area (Å²) in [6, 6.07) is 0.673. The highest BCUT2D eigenvalue weighted by atomic mass is 35.5. The van der Waals surface area contributed by atoms with Crippen molar-refractivity contribution in [2.75, 3.05) is 13.2 Å². The second-order valence-corrected chi connectivity index (χ2v) is 12.0. The highest BCUT2D eigenvalue weighted by Crippen LogP contribution is 2.58. The molecule has 1 amide bonds. The first-order valence-electron chi connectivity index (χ1n) is 11.8. The van der Waals surface area contributed by atoms with Crippen LogP contribution in [0.25, 0.3) is 5.76 Å². The number of carboxylic acids is 1. The number of nitrogens with zero attached hydrogens (tertiary/aromatic N) is 2. The van der Waals surface area contributed by atoms with Gasteiger partial charge in [0, 0.05) is 24.9 Å². The molecule has 2 rings (SSSR count). The molecule has 1 saturated heterocycles. The van der Waals surface area contributed by atoms with E-state index in [1.54, 1.807) is 13.8 Å². The van der Waals surface area contributed by atoms with Gasteiger partial charge in [0.15, 0.2) is 5.82 Å². The molecule has 4 atom stereocenters. The van der Waals surface area contributed by atoms with Crippen LogP contribution >= 0.6 is 11.6 Å². The predicted molar refractivity (Wildman–Crippen MR) is 134 cm³/mol. The molecule has 9 heteroatoms. The molecular weight excluding hydrogens is 475 g/mol. The monoisotopic (exact) mass is 512 g/mol. The number of aromatic nitrogens is 1. The third kappa shape index (κ3) is 5.42. The summed E-state index contributed by atoms with van der Waals surface area (Å²) in [6.07, 6.45) is -1.37. The van der Waals surface area contributed by atoms with Crippen molar-refractivity contribution < 1.29 is 28.9 Å². The first-order chi connectivity index (χ1) is 15.9. The molecule has 1 aromatic rings. The summed E-state index contributed by atoms with van der Waals surface area (Å²) in [5.74, 6) is -3.08. The van der Waals surface area contributed by atoms with Crippen LogP contribution in [0.3, 0.4) is 0 Å². The number of amides is 1. The van der Waals surface area contributed by atoms with Crippen LogP contribution in [0, 0.1) is 33.9 Å². The number of likely N-dealkylation sites (tertiary alicyclic amines) is 1. The van der Waals surface area contributed by atoms with Gasteiger partial charge in [-0.05, 0) is 36.7 Å². The normalized spacial score (nSPS) is 25.3. The lowest BCUT2D eigenvalue weighted by Gasteiger charge is -2.60. The van der Waals surface area contributed by atoms with Crippen molar-refractivity contribution in [1.29, 1.82) is 0 Å². The van der Waals surface area contributed by atoms with Crippen LogP contribution in [-0.4, -0.2) is 51.4 Å². The molecule has 1 aliphatic rings. The molecule has 1 aromatic heterocycles. The molecule has 2 heterocycles. The lowest BCUT2D eigenvalue weighted by molar-refractivity contribution is -0.184. The molecule has 1 aliphatic heterocycles. The summed E-state index contributed by atoms with van der Waals surface area (Å²) in [5.41, 5.74) is -2.87. The lowest BCUT2D eigenvalue weighted by Crippen LogP contribution is -2.68. The molecule has 35 heavy (non-hydrogen) atoms. The van der Waals surface area contributed by atoms with Crippen LogP contribution in [0.4, 0.5) is 9.18 Å². The zero-order chi connectivity index (χ0) is 27.1. The van der Waals surface area contributed by atoms with E-state index in [4.69, 9.17) is 16.3 Å².